The molecule has 0 aliphatic carbocycles. The van der Waals surface area contributed by atoms with E-state index in [1.807, 2.05) is 6.07 Å². The number of benzene rings is 2. The summed E-state index contributed by atoms with van der Waals surface area (Å²) in [5.74, 6) is 0.782. The molecule has 1 aromatic heterocycles. The van der Waals surface area contributed by atoms with Crippen molar-refractivity contribution in [3.63, 3.8) is 0 Å². The van der Waals surface area contributed by atoms with E-state index in [0.29, 0.717) is 22.9 Å². The summed E-state index contributed by atoms with van der Waals surface area (Å²) in [5, 5.41) is 9.50. The van der Waals surface area contributed by atoms with Gasteiger partial charge in [-0.15, -0.1) is 0 Å². The normalized spacial score (nSPS) is 12.1. The van der Waals surface area contributed by atoms with E-state index < -0.39 is 12.5 Å². The number of halogens is 2. The third-order valence-corrected chi connectivity index (χ3v) is 4.21. The van der Waals surface area contributed by atoms with Crippen LogP contribution in [0.4, 0.5) is 14.5 Å². The minimum Gasteiger partial charge on any atom is -0.490 e. The molecule has 0 saturated heterocycles. The molecule has 0 fully saturated rings. The molecule has 8 nitrogen and oxygen atoms in total. The van der Waals surface area contributed by atoms with Crippen molar-refractivity contribution in [2.45, 2.75) is 13.5 Å². The molecular formula is C20H17F2N3O5. The van der Waals surface area contributed by atoms with Gasteiger partial charge in [-0.1, -0.05) is 0 Å². The van der Waals surface area contributed by atoms with Crippen LogP contribution < -0.4 is 24.3 Å². The van der Waals surface area contributed by atoms with Crippen LogP contribution in [-0.2, 0) is 0 Å². The minimum absolute atomic E-state index is 0.0984. The molecule has 1 aliphatic heterocycles. The lowest BCUT2D eigenvalue weighted by molar-refractivity contribution is -0.0514. The summed E-state index contributed by atoms with van der Waals surface area (Å²) >= 11 is 0. The number of carbonyl (C=O) groups excluding carboxylic acids is 1. The van der Waals surface area contributed by atoms with Crippen molar-refractivity contribution >= 4 is 11.6 Å². The van der Waals surface area contributed by atoms with E-state index in [2.05, 4.69) is 20.3 Å². The maximum atomic E-state index is 12.6. The van der Waals surface area contributed by atoms with Gasteiger partial charge in [-0.05, 0) is 43.3 Å². The van der Waals surface area contributed by atoms with Gasteiger partial charge in [0, 0.05) is 17.3 Å². The smallest absolute Gasteiger partial charge is 0.387 e. The summed E-state index contributed by atoms with van der Waals surface area (Å²) in [6.07, 6.45) is 0. The molecule has 1 aliphatic rings. The fourth-order valence-electron chi connectivity index (χ4n) is 2.89. The topological polar surface area (TPSA) is 94.7 Å². The molecule has 1 amide bonds. The molecule has 0 spiro atoms. The van der Waals surface area contributed by atoms with Crippen molar-refractivity contribution in [2.75, 3.05) is 18.7 Å². The molecule has 30 heavy (non-hydrogen) atoms. The quantitative estimate of drug-likeness (QED) is 0.602. The highest BCUT2D eigenvalue weighted by molar-refractivity contribution is 6.03. The number of amides is 1. The van der Waals surface area contributed by atoms with Crippen LogP contribution in [0.15, 0.2) is 42.5 Å². The number of alkyl halides is 2. The van der Waals surface area contributed by atoms with E-state index in [0.717, 1.165) is 5.56 Å². The molecule has 10 heteroatoms. The minimum atomic E-state index is -2.98. The number of carbonyl (C=O) groups is 1. The van der Waals surface area contributed by atoms with Crippen molar-refractivity contribution in [3.8, 4) is 34.3 Å². The summed E-state index contributed by atoms with van der Waals surface area (Å²) in [6, 6.07) is 11.1. The third-order valence-electron chi connectivity index (χ3n) is 4.21. The van der Waals surface area contributed by atoms with Crippen LogP contribution in [0.3, 0.4) is 0 Å². The molecule has 0 saturated carbocycles. The van der Waals surface area contributed by atoms with Crippen LogP contribution in [0.1, 0.15) is 17.4 Å². The van der Waals surface area contributed by atoms with E-state index in [4.69, 9.17) is 14.2 Å². The molecule has 4 rings (SSSR count). The zero-order valence-electron chi connectivity index (χ0n) is 15.8. The Morgan fingerprint density at radius 3 is 2.80 bits per heavy atom. The molecule has 2 heterocycles. The number of H-pyrrole nitrogens is 1. The fraction of sp³-hybridized carbons (Fsp3) is 0.200. The van der Waals surface area contributed by atoms with Crippen LogP contribution in [-0.4, -0.2) is 36.1 Å². The highest BCUT2D eigenvalue weighted by Crippen LogP contribution is 2.36. The lowest BCUT2D eigenvalue weighted by atomic mass is 10.1. The first-order valence-corrected chi connectivity index (χ1v) is 9.02. The Kier molecular flexibility index (Phi) is 5.38. The number of fused-ring (bicyclic) bond motifs is 1. The molecule has 0 unspecified atom stereocenters. The van der Waals surface area contributed by atoms with Crippen molar-refractivity contribution in [1.29, 1.82) is 0 Å². The monoisotopic (exact) mass is 417 g/mol. The zero-order valence-corrected chi connectivity index (χ0v) is 15.8. The summed E-state index contributed by atoms with van der Waals surface area (Å²) in [6.45, 7) is -0.863. The third kappa shape index (κ3) is 4.12. The standard InChI is InChI=1S/C20H17F2N3O5/c1-2-27-18-8-12(4-6-16(18)30-20(21)22)23-19(26)14-9-13(24-25-14)11-3-5-15-17(7-11)29-10-28-15/h3-9,20H,2,10H2,1H3,(H,23,26)(H,24,25). The first-order valence-electron chi connectivity index (χ1n) is 9.02. The van der Waals surface area contributed by atoms with Gasteiger partial charge in [0.1, 0.15) is 5.69 Å². The Balaban J connectivity index is 1.50. The number of nitrogens with one attached hydrogen (secondary N) is 2. The van der Waals surface area contributed by atoms with Gasteiger partial charge in [-0.25, -0.2) is 0 Å². The molecular weight excluding hydrogens is 400 g/mol. The van der Waals surface area contributed by atoms with Gasteiger partial charge < -0.3 is 24.3 Å². The van der Waals surface area contributed by atoms with Crippen LogP contribution >= 0.6 is 0 Å². The molecule has 0 bridgehead atoms. The van der Waals surface area contributed by atoms with Gasteiger partial charge in [0.25, 0.3) is 5.91 Å². The number of nitrogens with zero attached hydrogens (tertiary/aromatic N) is 1. The summed E-state index contributed by atoms with van der Waals surface area (Å²) in [4.78, 5) is 12.6. The number of rotatable bonds is 7. The number of anilines is 1. The summed E-state index contributed by atoms with van der Waals surface area (Å²) < 4.78 is 45.4. The fourth-order valence-corrected chi connectivity index (χ4v) is 2.89. The Bertz CT molecular complexity index is 1070. The average Bonchev–Trinajstić information content (AvgIpc) is 3.38. The van der Waals surface area contributed by atoms with Gasteiger partial charge >= 0.3 is 6.61 Å². The highest BCUT2D eigenvalue weighted by atomic mass is 19.3. The number of ether oxygens (including phenoxy) is 4. The number of aromatic nitrogens is 2. The Morgan fingerprint density at radius 2 is 2.00 bits per heavy atom. The van der Waals surface area contributed by atoms with E-state index in [1.165, 1.54) is 18.2 Å². The van der Waals surface area contributed by atoms with Gasteiger partial charge in [0.2, 0.25) is 6.79 Å². The van der Waals surface area contributed by atoms with Gasteiger partial charge in [0.05, 0.1) is 12.3 Å². The van der Waals surface area contributed by atoms with E-state index in [9.17, 15) is 13.6 Å². The number of hydrogen-bond acceptors (Lipinski definition) is 6. The Labute approximate surface area is 169 Å². The molecule has 3 aromatic rings. The summed E-state index contributed by atoms with van der Waals surface area (Å²) in [5.41, 5.74) is 1.87. The molecule has 2 N–H and O–H groups in total. The maximum absolute atomic E-state index is 12.6. The second-order valence-electron chi connectivity index (χ2n) is 6.16. The highest BCUT2D eigenvalue weighted by Gasteiger charge is 2.17. The predicted octanol–water partition coefficient (Wildman–Crippen LogP) is 4.06. The Hall–Kier alpha value is -3.82. The molecule has 0 radical (unpaired) electrons. The first-order chi connectivity index (χ1) is 14.5. The maximum Gasteiger partial charge on any atom is 0.387 e. The number of aromatic amines is 1. The second kappa shape index (κ2) is 8.27. The van der Waals surface area contributed by atoms with Crippen LogP contribution in [0.2, 0.25) is 0 Å². The number of hydrogen-bond donors (Lipinski definition) is 2. The first kappa shape index (κ1) is 19.5. The van der Waals surface area contributed by atoms with Gasteiger partial charge in [0.15, 0.2) is 23.0 Å². The van der Waals surface area contributed by atoms with E-state index in [1.54, 1.807) is 25.1 Å². The largest absolute Gasteiger partial charge is 0.490 e. The zero-order chi connectivity index (χ0) is 21.1. The molecule has 156 valence electrons. The Morgan fingerprint density at radius 1 is 1.17 bits per heavy atom. The van der Waals surface area contributed by atoms with Gasteiger partial charge in [-0.3, -0.25) is 9.89 Å². The lowest BCUT2D eigenvalue weighted by Crippen LogP contribution is -2.13. The van der Waals surface area contributed by atoms with Crippen molar-refractivity contribution in [3.05, 3.63) is 48.2 Å². The average molecular weight is 417 g/mol. The lowest BCUT2D eigenvalue weighted by Gasteiger charge is -2.13. The van der Waals surface area contributed by atoms with Crippen molar-refractivity contribution < 1.29 is 32.5 Å². The SMILES string of the molecule is CCOc1cc(NC(=O)c2cc(-c3ccc4c(c3)OCO4)n[nH]2)ccc1OC(F)F. The second-order valence-corrected chi connectivity index (χ2v) is 6.16. The van der Waals surface area contributed by atoms with Gasteiger partial charge in [-0.2, -0.15) is 13.9 Å². The van der Waals surface area contributed by atoms with Crippen molar-refractivity contribution in [2.24, 2.45) is 0 Å². The van der Waals surface area contributed by atoms with E-state index in [-0.39, 0.29) is 30.6 Å². The van der Waals surface area contributed by atoms with E-state index >= 15 is 0 Å². The van der Waals surface area contributed by atoms with Crippen LogP contribution in [0.5, 0.6) is 23.0 Å². The molecule has 2 aromatic carbocycles. The van der Waals surface area contributed by atoms with Crippen LogP contribution in [0, 0.1) is 0 Å². The summed E-state index contributed by atoms with van der Waals surface area (Å²) in [7, 11) is 0. The van der Waals surface area contributed by atoms with Crippen LogP contribution in [0.25, 0.3) is 11.3 Å². The predicted molar refractivity (Wildman–Crippen MR) is 102 cm³/mol. The van der Waals surface area contributed by atoms with Crippen molar-refractivity contribution in [1.82, 2.24) is 10.2 Å². The molecule has 0 atom stereocenters.